The zero-order valence-electron chi connectivity index (χ0n) is 37.5. The molecular formula is C52H60N4O10. The second-order valence-corrected chi connectivity index (χ2v) is 17.8. The molecule has 1 heterocycles. The molecule has 4 aromatic carbocycles. The van der Waals surface area contributed by atoms with Crippen LogP contribution in [0.3, 0.4) is 0 Å². The van der Waals surface area contributed by atoms with E-state index >= 15 is 4.79 Å². The first kappa shape index (κ1) is 46.4. The molecule has 2 amide bonds. The third-order valence-corrected chi connectivity index (χ3v) is 13.5. The highest BCUT2D eigenvalue weighted by Crippen LogP contribution is 2.62. The number of unbranched alkanes of at least 4 members (excludes halogenated alkanes) is 2. The average molecular weight is 901 g/mol. The Morgan fingerprint density at radius 1 is 1.00 bits per heavy atom. The molecule has 0 saturated heterocycles. The predicted molar refractivity (Wildman–Crippen MR) is 250 cm³/mol. The fraction of sp³-hybridized carbons (Fsp3) is 0.442. The number of carbonyl (C=O) groups is 2. The molecule has 0 radical (unpaired) electrons. The maximum absolute atomic E-state index is 15.1. The van der Waals surface area contributed by atoms with Crippen molar-refractivity contribution in [1.82, 2.24) is 10.2 Å². The van der Waals surface area contributed by atoms with E-state index in [1.165, 1.54) is 12.1 Å². The Labute approximate surface area is 385 Å². The van der Waals surface area contributed by atoms with Gasteiger partial charge in [-0.2, -0.15) is 0 Å². The number of rotatable bonds is 21. The minimum absolute atomic E-state index is 0.00177. The zero-order valence-corrected chi connectivity index (χ0v) is 37.5. The minimum Gasteiger partial charge on any atom is -0.459 e. The van der Waals surface area contributed by atoms with Crippen LogP contribution in [0, 0.1) is 33.8 Å². The van der Waals surface area contributed by atoms with Crippen molar-refractivity contribution in [3.8, 4) is 11.5 Å². The molecule has 0 spiro atoms. The Morgan fingerprint density at radius 2 is 1.76 bits per heavy atom. The highest BCUT2D eigenvalue weighted by molar-refractivity contribution is 6.03. The van der Waals surface area contributed by atoms with Gasteiger partial charge in [0.25, 0.3) is 5.69 Å². The number of aliphatic hydroxyl groups excluding tert-OH is 2. The number of oxime groups is 1. The van der Waals surface area contributed by atoms with E-state index in [0.717, 1.165) is 66.0 Å². The van der Waals surface area contributed by atoms with E-state index < -0.39 is 28.8 Å². The van der Waals surface area contributed by atoms with E-state index in [1.807, 2.05) is 42.2 Å². The summed E-state index contributed by atoms with van der Waals surface area (Å²) in [5.41, 5.74) is 3.96. The molecule has 0 aromatic heterocycles. The van der Waals surface area contributed by atoms with Crippen molar-refractivity contribution in [3.63, 3.8) is 0 Å². The first-order chi connectivity index (χ1) is 32.2. The van der Waals surface area contributed by atoms with Gasteiger partial charge in [0, 0.05) is 62.3 Å². The van der Waals surface area contributed by atoms with Gasteiger partial charge in [-0.3, -0.25) is 14.9 Å². The highest BCUT2D eigenvalue weighted by Gasteiger charge is 2.66. The van der Waals surface area contributed by atoms with Crippen molar-refractivity contribution in [3.05, 3.63) is 136 Å². The molecule has 14 nitrogen and oxygen atoms in total. The average Bonchev–Trinajstić information content (AvgIpc) is 4.18. The summed E-state index contributed by atoms with van der Waals surface area (Å²) in [5.74, 6) is -1.69. The predicted octanol–water partition coefficient (Wildman–Crippen LogP) is 9.13. The third kappa shape index (κ3) is 9.86. The van der Waals surface area contributed by atoms with Crippen molar-refractivity contribution < 1.29 is 43.8 Å². The summed E-state index contributed by atoms with van der Waals surface area (Å²) in [7, 11) is 0. The first-order valence-corrected chi connectivity index (χ1v) is 23.4. The first-order valence-electron chi connectivity index (χ1n) is 23.4. The largest absolute Gasteiger partial charge is 0.459 e. The molecule has 4 aliphatic rings. The second kappa shape index (κ2) is 21.0. The molecule has 3 aliphatic carbocycles. The van der Waals surface area contributed by atoms with Crippen LogP contribution in [0.15, 0.2) is 114 Å². The summed E-state index contributed by atoms with van der Waals surface area (Å²) < 4.78 is 20.4. The van der Waals surface area contributed by atoms with Crippen molar-refractivity contribution in [2.45, 2.75) is 95.6 Å². The van der Waals surface area contributed by atoms with E-state index in [-0.39, 0.29) is 74.7 Å². The SMILES string of the molecule is C=CCOC12Oc3ccc(OC(=O)NCC)cc3C3C(CCCCO)C(CCCCO)C=C(C(=NOCc4ccc([N+](=O)[O-])cc4)CC1N(Cc1cccc4ccccc14)C(=O)C1CC1)C32. The number of nitrogens with zero attached hydrogens (tertiary/aromatic N) is 3. The van der Waals surface area contributed by atoms with Crippen LogP contribution in [0.2, 0.25) is 0 Å². The quantitative estimate of drug-likeness (QED) is 0.0316. The van der Waals surface area contributed by atoms with Gasteiger partial charge in [-0.15, -0.1) is 6.58 Å². The van der Waals surface area contributed by atoms with Gasteiger partial charge in [-0.05, 0) is 115 Å². The molecule has 348 valence electrons. The molecule has 2 fully saturated rings. The van der Waals surface area contributed by atoms with Gasteiger partial charge in [-0.25, -0.2) is 4.79 Å². The molecule has 6 unspecified atom stereocenters. The van der Waals surface area contributed by atoms with Gasteiger partial charge < -0.3 is 39.5 Å². The summed E-state index contributed by atoms with van der Waals surface area (Å²) in [5, 5.41) is 41.1. The van der Waals surface area contributed by atoms with Gasteiger partial charge in [0.15, 0.2) is 0 Å². The van der Waals surface area contributed by atoms with E-state index in [0.29, 0.717) is 42.2 Å². The lowest BCUT2D eigenvalue weighted by Crippen LogP contribution is -2.70. The maximum atomic E-state index is 15.1. The summed E-state index contributed by atoms with van der Waals surface area (Å²) in [6.45, 7) is 6.80. The highest BCUT2D eigenvalue weighted by atomic mass is 16.7. The van der Waals surface area contributed by atoms with Crippen LogP contribution in [0.5, 0.6) is 11.5 Å². The van der Waals surface area contributed by atoms with E-state index in [2.05, 4.69) is 42.2 Å². The molecule has 8 rings (SSSR count). The van der Waals surface area contributed by atoms with E-state index in [4.69, 9.17) is 24.2 Å². The van der Waals surface area contributed by atoms with Crippen LogP contribution in [0.4, 0.5) is 10.5 Å². The summed E-state index contributed by atoms with van der Waals surface area (Å²) in [6.07, 6.45) is 9.39. The number of nitro benzene ring substituents is 1. The van der Waals surface area contributed by atoms with E-state index in [1.54, 1.807) is 24.3 Å². The van der Waals surface area contributed by atoms with Crippen molar-refractivity contribution in [1.29, 1.82) is 0 Å². The van der Waals surface area contributed by atoms with Gasteiger partial charge in [-0.1, -0.05) is 72.6 Å². The molecule has 14 heteroatoms. The van der Waals surface area contributed by atoms with Crippen LogP contribution in [0.1, 0.15) is 87.3 Å². The Morgan fingerprint density at radius 3 is 2.48 bits per heavy atom. The summed E-state index contributed by atoms with van der Waals surface area (Å²) >= 11 is 0. The number of amides is 2. The number of aliphatic hydroxyl groups is 2. The molecule has 1 aliphatic heterocycles. The molecular weight excluding hydrogens is 841 g/mol. The third-order valence-electron chi connectivity index (χ3n) is 13.5. The van der Waals surface area contributed by atoms with Gasteiger partial charge in [0.05, 0.1) is 23.2 Å². The molecule has 2 saturated carbocycles. The van der Waals surface area contributed by atoms with Crippen molar-refractivity contribution in [2.75, 3.05) is 26.4 Å². The number of benzene rings is 4. The number of nitrogens with one attached hydrogen (secondary N) is 1. The molecule has 0 bridgehead atoms. The Balaban J connectivity index is 1.33. The Bertz CT molecular complexity index is 2450. The Hall–Kier alpha value is -6.09. The topological polar surface area (TPSA) is 182 Å². The summed E-state index contributed by atoms with van der Waals surface area (Å²) in [4.78, 5) is 47.1. The number of allylic oxidation sites excluding steroid dienone is 1. The second-order valence-electron chi connectivity index (χ2n) is 17.8. The van der Waals surface area contributed by atoms with Crippen molar-refractivity contribution in [2.24, 2.45) is 28.8 Å². The van der Waals surface area contributed by atoms with Crippen LogP contribution >= 0.6 is 0 Å². The zero-order chi connectivity index (χ0) is 46.2. The lowest BCUT2D eigenvalue weighted by molar-refractivity contribution is -0.384. The van der Waals surface area contributed by atoms with Crippen LogP contribution in [-0.4, -0.2) is 75.9 Å². The standard InChI is InChI=1S/C52H60N4O10/c1-3-28-63-52-47(55(50(59)36-20-21-36)32-38-15-11-14-35-12-5-6-16-41(35)38)31-45(54-64-33-34-18-22-39(23-19-34)56(61)62)43-29-37(13-7-9-26-57)42(17-8-10-27-58)48(49(43)52)44-30-40(24-25-46(44)66-52)65-51(60)53-4-2/h3,5-6,11-12,14-16,18-19,22-25,29-30,36-37,42,47-49,57-58H,1,4,7-10,13,17,20-21,26-28,31-33H2,2H3,(H,53,60). The normalized spacial score (nSPS) is 23.5. The minimum atomic E-state index is -1.47. The smallest absolute Gasteiger partial charge is 0.412 e. The van der Waals surface area contributed by atoms with E-state index in [9.17, 15) is 25.1 Å². The van der Waals surface area contributed by atoms with Gasteiger partial charge in [0.1, 0.15) is 24.1 Å². The lowest BCUT2D eigenvalue weighted by Gasteiger charge is -2.60. The van der Waals surface area contributed by atoms with Crippen LogP contribution < -0.4 is 14.8 Å². The fourth-order valence-electron chi connectivity index (χ4n) is 10.4. The Kier molecular flexibility index (Phi) is 14.8. The number of fused-ring (bicyclic) bond motifs is 3. The number of carbonyl (C=O) groups excluding carboxylic acids is 2. The number of hydrogen-bond donors (Lipinski definition) is 3. The molecule has 66 heavy (non-hydrogen) atoms. The number of ether oxygens (including phenoxy) is 3. The summed E-state index contributed by atoms with van der Waals surface area (Å²) in [6, 6.07) is 25.1. The fourth-order valence-corrected chi connectivity index (χ4v) is 10.4. The van der Waals surface area contributed by atoms with Crippen LogP contribution in [0.25, 0.3) is 10.8 Å². The monoisotopic (exact) mass is 900 g/mol. The lowest BCUT2D eigenvalue weighted by atomic mass is 9.55. The number of non-ortho nitro benzene ring substituents is 1. The van der Waals surface area contributed by atoms with Crippen molar-refractivity contribution >= 4 is 34.2 Å². The molecule has 4 aromatic rings. The van der Waals surface area contributed by atoms with Gasteiger partial charge >= 0.3 is 6.09 Å². The number of hydrogen-bond acceptors (Lipinski definition) is 11. The van der Waals surface area contributed by atoms with Crippen LogP contribution in [-0.2, 0) is 27.5 Å². The number of nitro groups is 1. The molecule has 6 atom stereocenters. The maximum Gasteiger partial charge on any atom is 0.412 e. The van der Waals surface area contributed by atoms with Gasteiger partial charge in [0.2, 0.25) is 11.7 Å². The molecule has 3 N–H and O–H groups in total.